The fraction of sp³-hybridized carbons (Fsp3) is 0.750. The van der Waals surface area contributed by atoms with Crippen LogP contribution < -0.4 is 0 Å². The van der Waals surface area contributed by atoms with Crippen molar-refractivity contribution in [1.29, 1.82) is 0 Å². The minimum absolute atomic E-state index is 0.230. The first-order valence-corrected chi connectivity index (χ1v) is 4.06. The topological polar surface area (TPSA) is 58.9 Å². The second-order valence-corrected chi connectivity index (χ2v) is 2.49. The largest absolute Gasteiger partial charge is 0.466 e. The van der Waals surface area contributed by atoms with Crippen LogP contribution in [0.5, 0.6) is 0 Å². The van der Waals surface area contributed by atoms with Crippen LogP contribution in [-0.2, 0) is 9.53 Å². The fourth-order valence-electron chi connectivity index (χ4n) is 0.788. The quantitative estimate of drug-likeness (QED) is 0.218. The van der Waals surface area contributed by atoms with Crippen LogP contribution in [0.4, 0.5) is 0 Å². The molecule has 0 spiro atoms. The molecule has 1 N–H and O–H groups in total. The van der Waals surface area contributed by atoms with Crippen molar-refractivity contribution in [2.24, 2.45) is 5.16 Å². The summed E-state index contributed by atoms with van der Waals surface area (Å²) in [6, 6.07) is 0. The summed E-state index contributed by atoms with van der Waals surface area (Å²) in [7, 11) is 0. The summed E-state index contributed by atoms with van der Waals surface area (Å²) in [6.07, 6.45) is 5.06. The zero-order valence-corrected chi connectivity index (χ0v) is 7.32. The summed E-state index contributed by atoms with van der Waals surface area (Å²) in [6.45, 7) is 1.89. The molecule has 12 heavy (non-hydrogen) atoms. The van der Waals surface area contributed by atoms with E-state index in [1.165, 1.54) is 13.1 Å². The van der Waals surface area contributed by atoms with Gasteiger partial charge in [-0.15, -0.1) is 5.16 Å². The van der Waals surface area contributed by atoms with Gasteiger partial charge in [0.2, 0.25) is 0 Å². The molecule has 0 aromatic rings. The standard InChI is InChI=1S/C8H15NO3/c1-8(10)12-7-5-3-2-4-6-9-11/h6,11H,2-5,7H2,1H3. The molecule has 0 aliphatic heterocycles. The maximum atomic E-state index is 10.3. The Morgan fingerprint density at radius 1 is 1.50 bits per heavy atom. The molecule has 0 bridgehead atoms. The summed E-state index contributed by atoms with van der Waals surface area (Å²) in [5.74, 6) is -0.230. The minimum Gasteiger partial charge on any atom is -0.466 e. The van der Waals surface area contributed by atoms with Gasteiger partial charge < -0.3 is 9.94 Å². The molecule has 0 fully saturated rings. The summed E-state index contributed by atoms with van der Waals surface area (Å²) >= 11 is 0. The summed E-state index contributed by atoms with van der Waals surface area (Å²) < 4.78 is 4.73. The molecule has 0 saturated carbocycles. The molecule has 70 valence electrons. The molecule has 0 atom stereocenters. The second kappa shape index (κ2) is 8.04. The van der Waals surface area contributed by atoms with Gasteiger partial charge >= 0.3 is 5.97 Å². The summed E-state index contributed by atoms with van der Waals surface area (Å²) in [4.78, 5) is 10.3. The molecular weight excluding hydrogens is 158 g/mol. The van der Waals surface area contributed by atoms with Crippen LogP contribution in [0.2, 0.25) is 0 Å². The summed E-state index contributed by atoms with van der Waals surface area (Å²) in [5.41, 5.74) is 0. The van der Waals surface area contributed by atoms with E-state index in [4.69, 9.17) is 9.94 Å². The van der Waals surface area contributed by atoms with Crippen LogP contribution in [0.3, 0.4) is 0 Å². The number of hydrogen-bond acceptors (Lipinski definition) is 4. The Kier molecular flexibility index (Phi) is 7.33. The SMILES string of the molecule is CC(=O)OCCCCCC=NO. The molecule has 0 saturated heterocycles. The number of rotatable bonds is 6. The molecule has 0 heterocycles. The highest BCUT2D eigenvalue weighted by atomic mass is 16.5. The second-order valence-electron chi connectivity index (χ2n) is 2.49. The molecule has 0 unspecified atom stereocenters. The van der Waals surface area contributed by atoms with Crippen molar-refractivity contribution in [2.75, 3.05) is 6.61 Å². The molecular formula is C8H15NO3. The molecule has 0 radical (unpaired) electrons. The van der Waals surface area contributed by atoms with E-state index < -0.39 is 0 Å². The van der Waals surface area contributed by atoms with Crippen molar-refractivity contribution in [1.82, 2.24) is 0 Å². The van der Waals surface area contributed by atoms with Crippen molar-refractivity contribution in [3.63, 3.8) is 0 Å². The third-order valence-electron chi connectivity index (χ3n) is 1.36. The number of oxime groups is 1. The monoisotopic (exact) mass is 173 g/mol. The maximum absolute atomic E-state index is 10.3. The number of carbonyl (C=O) groups is 1. The van der Waals surface area contributed by atoms with E-state index in [0.29, 0.717) is 6.61 Å². The normalized spacial score (nSPS) is 10.4. The molecule has 0 amide bonds. The molecule has 4 heteroatoms. The first-order valence-electron chi connectivity index (χ1n) is 4.06. The number of unbranched alkanes of at least 4 members (excludes halogenated alkanes) is 3. The van der Waals surface area contributed by atoms with Crippen LogP contribution in [0.15, 0.2) is 5.16 Å². The van der Waals surface area contributed by atoms with Crippen LogP contribution in [0.25, 0.3) is 0 Å². The Labute approximate surface area is 72.2 Å². The van der Waals surface area contributed by atoms with Gasteiger partial charge in [-0.1, -0.05) is 0 Å². The minimum atomic E-state index is -0.230. The Balaban J connectivity index is 2.96. The molecule has 4 nitrogen and oxygen atoms in total. The number of ether oxygens (including phenoxy) is 1. The molecule has 0 aromatic heterocycles. The predicted molar refractivity (Wildman–Crippen MR) is 45.4 cm³/mol. The third-order valence-corrected chi connectivity index (χ3v) is 1.36. The van der Waals surface area contributed by atoms with Crippen molar-refractivity contribution in [2.45, 2.75) is 32.6 Å². The predicted octanol–water partition coefficient (Wildman–Crippen LogP) is 1.57. The Morgan fingerprint density at radius 2 is 2.25 bits per heavy atom. The van der Waals surface area contributed by atoms with Gasteiger partial charge in [0.1, 0.15) is 0 Å². The number of carbonyl (C=O) groups excluding carboxylic acids is 1. The highest BCUT2D eigenvalue weighted by Gasteiger charge is 1.92. The van der Waals surface area contributed by atoms with Crippen LogP contribution in [-0.4, -0.2) is 24.0 Å². The first kappa shape index (κ1) is 10.9. The Morgan fingerprint density at radius 3 is 2.83 bits per heavy atom. The van der Waals surface area contributed by atoms with Gasteiger partial charge in [0.15, 0.2) is 0 Å². The molecule has 0 aliphatic rings. The van der Waals surface area contributed by atoms with E-state index in [1.807, 2.05) is 0 Å². The van der Waals surface area contributed by atoms with E-state index >= 15 is 0 Å². The van der Waals surface area contributed by atoms with Gasteiger partial charge in [0.25, 0.3) is 0 Å². The van der Waals surface area contributed by atoms with Gasteiger partial charge in [-0.3, -0.25) is 4.79 Å². The average molecular weight is 173 g/mol. The molecule has 0 aliphatic carbocycles. The zero-order valence-electron chi connectivity index (χ0n) is 7.32. The first-order chi connectivity index (χ1) is 5.77. The van der Waals surface area contributed by atoms with E-state index in [-0.39, 0.29) is 5.97 Å². The van der Waals surface area contributed by atoms with Gasteiger partial charge in [0.05, 0.1) is 6.61 Å². The van der Waals surface area contributed by atoms with Gasteiger partial charge in [-0.25, -0.2) is 0 Å². The number of esters is 1. The van der Waals surface area contributed by atoms with Gasteiger partial charge in [-0.2, -0.15) is 0 Å². The number of hydrogen-bond donors (Lipinski definition) is 1. The van der Waals surface area contributed by atoms with E-state index in [9.17, 15) is 4.79 Å². The Hall–Kier alpha value is -1.06. The van der Waals surface area contributed by atoms with Gasteiger partial charge in [0, 0.05) is 13.1 Å². The lowest BCUT2D eigenvalue weighted by molar-refractivity contribution is -0.141. The fourth-order valence-corrected chi connectivity index (χ4v) is 0.788. The lowest BCUT2D eigenvalue weighted by Crippen LogP contribution is -2.00. The van der Waals surface area contributed by atoms with E-state index in [2.05, 4.69) is 5.16 Å². The van der Waals surface area contributed by atoms with Crippen molar-refractivity contribution in [3.05, 3.63) is 0 Å². The van der Waals surface area contributed by atoms with Crippen molar-refractivity contribution >= 4 is 12.2 Å². The van der Waals surface area contributed by atoms with Crippen LogP contribution >= 0.6 is 0 Å². The Bertz CT molecular complexity index is 145. The van der Waals surface area contributed by atoms with Crippen molar-refractivity contribution in [3.8, 4) is 0 Å². The van der Waals surface area contributed by atoms with Crippen LogP contribution in [0.1, 0.15) is 32.6 Å². The van der Waals surface area contributed by atoms with Gasteiger partial charge in [-0.05, 0) is 25.7 Å². The summed E-state index contributed by atoms with van der Waals surface area (Å²) in [5, 5.41) is 10.9. The number of nitrogens with zero attached hydrogens (tertiary/aromatic N) is 1. The average Bonchev–Trinajstić information content (AvgIpc) is 2.02. The molecule has 0 rings (SSSR count). The third kappa shape index (κ3) is 8.94. The lowest BCUT2D eigenvalue weighted by Gasteiger charge is -1.99. The molecule has 0 aromatic carbocycles. The lowest BCUT2D eigenvalue weighted by atomic mass is 10.2. The smallest absolute Gasteiger partial charge is 0.302 e. The highest BCUT2D eigenvalue weighted by Crippen LogP contribution is 1.98. The zero-order chi connectivity index (χ0) is 9.23. The highest BCUT2D eigenvalue weighted by molar-refractivity contribution is 5.65. The van der Waals surface area contributed by atoms with E-state index in [0.717, 1.165) is 25.7 Å². The van der Waals surface area contributed by atoms with Crippen LogP contribution in [0, 0.1) is 0 Å². The van der Waals surface area contributed by atoms with E-state index in [1.54, 1.807) is 0 Å². The maximum Gasteiger partial charge on any atom is 0.302 e. The van der Waals surface area contributed by atoms with Crippen molar-refractivity contribution < 1.29 is 14.7 Å².